The minimum Gasteiger partial charge on any atom is -0.396 e. The van der Waals surface area contributed by atoms with Gasteiger partial charge >= 0.3 is 0 Å². The molecule has 1 aromatic rings. The summed E-state index contributed by atoms with van der Waals surface area (Å²) in [6.45, 7) is 4.79. The lowest BCUT2D eigenvalue weighted by Gasteiger charge is -1.79. The second-order valence-electron chi connectivity index (χ2n) is 3.31. The van der Waals surface area contributed by atoms with Gasteiger partial charge in [-0.05, 0) is 12.8 Å². The molecular weight excluding hydrogens is 200 g/mol. The normalized spacial score (nSPS) is 8.25. The molecule has 0 fully saturated rings. The average molecular weight is 226 g/mol. The quantitative estimate of drug-likeness (QED) is 0.827. The Morgan fingerprint density at radius 1 is 0.625 bits per heavy atom. The molecule has 2 heteroatoms. The summed E-state index contributed by atoms with van der Waals surface area (Å²) in [6.07, 6.45) is 4.08. The third kappa shape index (κ3) is 23.2. The fourth-order valence-corrected chi connectivity index (χ4v) is 0.701. The summed E-state index contributed by atoms with van der Waals surface area (Å²) in [6, 6.07) is 12.0. The lowest BCUT2D eigenvalue weighted by atomic mass is 10.4. The molecule has 2 N–H and O–H groups in total. The van der Waals surface area contributed by atoms with Crippen molar-refractivity contribution in [1.82, 2.24) is 0 Å². The van der Waals surface area contributed by atoms with Crippen molar-refractivity contribution in [2.75, 3.05) is 13.2 Å². The van der Waals surface area contributed by atoms with E-state index < -0.39 is 0 Å². The van der Waals surface area contributed by atoms with Crippen LogP contribution in [0.25, 0.3) is 0 Å². The molecule has 94 valence electrons. The van der Waals surface area contributed by atoms with Gasteiger partial charge in [0.1, 0.15) is 0 Å². The fraction of sp³-hybridized carbons (Fsp3) is 0.571. The van der Waals surface area contributed by atoms with Gasteiger partial charge in [-0.3, -0.25) is 0 Å². The summed E-state index contributed by atoms with van der Waals surface area (Å²) in [5, 5.41) is 16.1. The SMILES string of the molecule is CCCCO.CCCCO.c1ccccc1. The zero-order valence-corrected chi connectivity index (χ0v) is 10.6. The van der Waals surface area contributed by atoms with E-state index in [1.807, 2.05) is 36.4 Å². The van der Waals surface area contributed by atoms with Gasteiger partial charge < -0.3 is 10.2 Å². The molecule has 0 spiro atoms. The molecule has 0 aliphatic rings. The first-order valence-corrected chi connectivity index (χ1v) is 6.05. The molecule has 2 nitrogen and oxygen atoms in total. The molecule has 0 aliphatic heterocycles. The Kier molecular flexibility index (Phi) is 21.6. The molecule has 0 bridgehead atoms. The van der Waals surface area contributed by atoms with Crippen LogP contribution >= 0.6 is 0 Å². The van der Waals surface area contributed by atoms with Gasteiger partial charge in [0.15, 0.2) is 0 Å². The molecule has 16 heavy (non-hydrogen) atoms. The Labute approximate surface area is 100.0 Å². The molecule has 0 aliphatic carbocycles. The van der Waals surface area contributed by atoms with Crippen LogP contribution in [0.2, 0.25) is 0 Å². The van der Waals surface area contributed by atoms with Crippen molar-refractivity contribution in [2.24, 2.45) is 0 Å². The van der Waals surface area contributed by atoms with E-state index in [-0.39, 0.29) is 0 Å². The van der Waals surface area contributed by atoms with Gasteiger partial charge in [0.2, 0.25) is 0 Å². The number of aliphatic hydroxyl groups excluding tert-OH is 2. The van der Waals surface area contributed by atoms with E-state index in [2.05, 4.69) is 13.8 Å². The highest BCUT2D eigenvalue weighted by molar-refractivity contribution is 4.99. The lowest BCUT2D eigenvalue weighted by Crippen LogP contribution is -1.75. The smallest absolute Gasteiger partial charge is 0.0430 e. The third-order valence-corrected chi connectivity index (χ3v) is 1.69. The fourth-order valence-electron chi connectivity index (χ4n) is 0.701. The molecule has 0 heterocycles. The number of rotatable bonds is 4. The maximum absolute atomic E-state index is 8.07. The molecule has 0 unspecified atom stereocenters. The monoisotopic (exact) mass is 226 g/mol. The van der Waals surface area contributed by atoms with Crippen LogP contribution in [0.4, 0.5) is 0 Å². The van der Waals surface area contributed by atoms with Crippen molar-refractivity contribution in [3.63, 3.8) is 0 Å². The topological polar surface area (TPSA) is 40.5 Å². The van der Waals surface area contributed by atoms with E-state index in [0.29, 0.717) is 13.2 Å². The zero-order chi connectivity index (χ0) is 12.5. The minimum atomic E-state index is 0.344. The summed E-state index contributed by atoms with van der Waals surface area (Å²) in [4.78, 5) is 0. The number of hydrogen-bond donors (Lipinski definition) is 2. The standard InChI is InChI=1S/C6H6.2C4H10O/c1-2-4-6-5-3-1;2*1-2-3-4-5/h1-6H;2*5H,2-4H2,1H3. The largest absolute Gasteiger partial charge is 0.396 e. The van der Waals surface area contributed by atoms with E-state index >= 15 is 0 Å². The number of aliphatic hydroxyl groups is 2. The third-order valence-electron chi connectivity index (χ3n) is 1.69. The minimum absolute atomic E-state index is 0.344. The molecule has 1 rings (SSSR count). The van der Waals surface area contributed by atoms with Gasteiger partial charge in [0.25, 0.3) is 0 Å². The highest BCUT2D eigenvalue weighted by Crippen LogP contribution is 1.80. The molecule has 0 aromatic heterocycles. The van der Waals surface area contributed by atoms with Crippen LogP contribution in [0.1, 0.15) is 39.5 Å². The van der Waals surface area contributed by atoms with E-state index in [0.717, 1.165) is 25.7 Å². The first kappa shape index (κ1) is 17.5. The molecule has 0 saturated carbocycles. The predicted molar refractivity (Wildman–Crippen MR) is 70.4 cm³/mol. The molecule has 1 aromatic carbocycles. The van der Waals surface area contributed by atoms with E-state index in [4.69, 9.17) is 10.2 Å². The van der Waals surface area contributed by atoms with Crippen LogP contribution in [0, 0.1) is 0 Å². The summed E-state index contributed by atoms with van der Waals surface area (Å²) < 4.78 is 0. The summed E-state index contributed by atoms with van der Waals surface area (Å²) in [5.41, 5.74) is 0. The van der Waals surface area contributed by atoms with Gasteiger partial charge in [-0.25, -0.2) is 0 Å². The number of hydrogen-bond acceptors (Lipinski definition) is 2. The zero-order valence-electron chi connectivity index (χ0n) is 10.6. The maximum atomic E-state index is 8.07. The second kappa shape index (κ2) is 19.7. The summed E-state index contributed by atoms with van der Waals surface area (Å²) in [7, 11) is 0. The Morgan fingerprint density at radius 2 is 0.875 bits per heavy atom. The Balaban J connectivity index is 0. The van der Waals surface area contributed by atoms with Gasteiger partial charge in [0.05, 0.1) is 0 Å². The molecule has 0 amide bonds. The van der Waals surface area contributed by atoms with Crippen molar-refractivity contribution in [3.8, 4) is 0 Å². The maximum Gasteiger partial charge on any atom is 0.0430 e. The summed E-state index contributed by atoms with van der Waals surface area (Å²) in [5.74, 6) is 0. The number of unbranched alkanes of at least 4 members (excludes halogenated alkanes) is 2. The van der Waals surface area contributed by atoms with Crippen LogP contribution in [0.3, 0.4) is 0 Å². The number of benzene rings is 1. The van der Waals surface area contributed by atoms with Crippen molar-refractivity contribution < 1.29 is 10.2 Å². The van der Waals surface area contributed by atoms with Crippen LogP contribution in [-0.2, 0) is 0 Å². The van der Waals surface area contributed by atoms with Gasteiger partial charge in [0, 0.05) is 13.2 Å². The van der Waals surface area contributed by atoms with E-state index in [1.54, 1.807) is 0 Å². The van der Waals surface area contributed by atoms with Gasteiger partial charge in [-0.15, -0.1) is 0 Å². The highest BCUT2D eigenvalue weighted by Gasteiger charge is 1.69. The predicted octanol–water partition coefficient (Wildman–Crippen LogP) is 3.24. The summed E-state index contributed by atoms with van der Waals surface area (Å²) >= 11 is 0. The van der Waals surface area contributed by atoms with Crippen molar-refractivity contribution in [1.29, 1.82) is 0 Å². The van der Waals surface area contributed by atoms with Gasteiger partial charge in [-0.2, -0.15) is 0 Å². The highest BCUT2D eigenvalue weighted by atomic mass is 16.3. The van der Waals surface area contributed by atoms with Crippen LogP contribution in [-0.4, -0.2) is 23.4 Å². The van der Waals surface area contributed by atoms with Crippen molar-refractivity contribution in [3.05, 3.63) is 36.4 Å². The molecule has 0 atom stereocenters. The van der Waals surface area contributed by atoms with E-state index in [1.165, 1.54) is 0 Å². The van der Waals surface area contributed by atoms with E-state index in [9.17, 15) is 0 Å². The Morgan fingerprint density at radius 3 is 0.938 bits per heavy atom. The van der Waals surface area contributed by atoms with Crippen molar-refractivity contribution in [2.45, 2.75) is 39.5 Å². The van der Waals surface area contributed by atoms with Crippen molar-refractivity contribution >= 4 is 0 Å². The van der Waals surface area contributed by atoms with Crippen LogP contribution in [0.5, 0.6) is 0 Å². The first-order chi connectivity index (χ1) is 7.83. The lowest BCUT2D eigenvalue weighted by molar-refractivity contribution is 0.286. The first-order valence-electron chi connectivity index (χ1n) is 6.05. The van der Waals surface area contributed by atoms with Crippen LogP contribution in [0.15, 0.2) is 36.4 Å². The average Bonchev–Trinajstić information content (AvgIpc) is 2.35. The molecular formula is C14H26O2. The Bertz CT molecular complexity index is 139. The molecule has 0 radical (unpaired) electrons. The second-order valence-corrected chi connectivity index (χ2v) is 3.31. The van der Waals surface area contributed by atoms with Gasteiger partial charge in [-0.1, -0.05) is 63.1 Å². The Hall–Kier alpha value is -0.860. The molecule has 0 saturated heterocycles. The van der Waals surface area contributed by atoms with Crippen LogP contribution < -0.4 is 0 Å².